The van der Waals surface area contributed by atoms with Crippen molar-refractivity contribution in [1.82, 2.24) is 9.78 Å². The Morgan fingerprint density at radius 3 is 2.52 bits per heavy atom. The van der Waals surface area contributed by atoms with Crippen molar-refractivity contribution in [2.45, 2.75) is 26.3 Å². The van der Waals surface area contributed by atoms with Gasteiger partial charge in [0.2, 0.25) is 0 Å². The largest absolute Gasteiger partial charge is 0.454 e. The lowest BCUT2D eigenvalue weighted by atomic mass is 10.1. The number of benzene rings is 2. The molecule has 0 saturated heterocycles. The number of ketones is 1. The van der Waals surface area contributed by atoms with Gasteiger partial charge in [-0.05, 0) is 23.6 Å². The van der Waals surface area contributed by atoms with Crippen LogP contribution in [0.3, 0.4) is 0 Å². The van der Waals surface area contributed by atoms with Gasteiger partial charge in [-0.15, -0.1) is 0 Å². The third-order valence-electron chi connectivity index (χ3n) is 4.41. The Bertz CT molecular complexity index is 973. The molecule has 0 amide bonds. The minimum Gasteiger partial charge on any atom is -0.454 e. The zero-order valence-corrected chi connectivity index (χ0v) is 16.5. The van der Waals surface area contributed by atoms with E-state index in [9.17, 15) is 9.59 Å². The summed E-state index contributed by atoms with van der Waals surface area (Å²) in [4.78, 5) is 24.1. The van der Waals surface area contributed by atoms with Crippen LogP contribution in [0.25, 0.3) is 6.08 Å². The molecule has 3 rings (SSSR count). The number of nitrogens with zero attached hydrogens (tertiary/aromatic N) is 2. The molecule has 1 heterocycles. The summed E-state index contributed by atoms with van der Waals surface area (Å²) in [5.74, 6) is -0.776. The van der Waals surface area contributed by atoms with Crippen molar-refractivity contribution in [1.29, 1.82) is 0 Å². The average Bonchev–Trinajstić information content (AvgIpc) is 3.19. The predicted octanol–water partition coefficient (Wildman–Crippen LogP) is 4.32. The first-order valence-corrected chi connectivity index (χ1v) is 9.67. The van der Waals surface area contributed by atoms with Gasteiger partial charge >= 0.3 is 5.97 Å². The van der Waals surface area contributed by atoms with Gasteiger partial charge < -0.3 is 4.74 Å². The van der Waals surface area contributed by atoms with Gasteiger partial charge in [0, 0.05) is 23.4 Å². The van der Waals surface area contributed by atoms with E-state index in [0.717, 1.165) is 24.0 Å². The van der Waals surface area contributed by atoms with Gasteiger partial charge in [0.15, 0.2) is 12.4 Å². The van der Waals surface area contributed by atoms with Crippen molar-refractivity contribution in [3.8, 4) is 0 Å². The molecule has 0 aliphatic heterocycles. The van der Waals surface area contributed by atoms with Gasteiger partial charge in [0.25, 0.3) is 0 Å². The number of esters is 1. The van der Waals surface area contributed by atoms with Crippen molar-refractivity contribution in [3.05, 3.63) is 95.3 Å². The number of aromatic nitrogens is 2. The van der Waals surface area contributed by atoms with Crippen molar-refractivity contribution in [3.63, 3.8) is 0 Å². The van der Waals surface area contributed by atoms with Gasteiger partial charge in [-0.25, -0.2) is 4.79 Å². The van der Waals surface area contributed by atoms with Crippen LogP contribution >= 0.6 is 0 Å². The molecule has 1 aromatic heterocycles. The molecule has 0 aliphatic carbocycles. The van der Waals surface area contributed by atoms with E-state index >= 15 is 0 Å². The van der Waals surface area contributed by atoms with Gasteiger partial charge in [-0.2, -0.15) is 5.10 Å². The lowest BCUT2D eigenvalue weighted by Gasteiger charge is -2.03. The smallest absolute Gasteiger partial charge is 0.331 e. The monoisotopic (exact) mass is 388 g/mol. The van der Waals surface area contributed by atoms with Gasteiger partial charge in [0.05, 0.1) is 12.7 Å². The number of ether oxygens (including phenoxy) is 1. The Kier molecular flexibility index (Phi) is 7.11. The summed E-state index contributed by atoms with van der Waals surface area (Å²) in [5.41, 5.74) is 3.67. The summed E-state index contributed by atoms with van der Waals surface area (Å²) < 4.78 is 6.86. The van der Waals surface area contributed by atoms with E-state index in [2.05, 4.69) is 12.0 Å². The molecule has 148 valence electrons. The van der Waals surface area contributed by atoms with Crippen LogP contribution in [0.4, 0.5) is 0 Å². The lowest BCUT2D eigenvalue weighted by molar-refractivity contribution is -0.136. The second-order valence-electron chi connectivity index (χ2n) is 6.77. The number of Topliss-reactive ketones (excluding diaryl/α,β-unsaturated/α-hetero) is 1. The molecule has 0 aliphatic rings. The fourth-order valence-corrected chi connectivity index (χ4v) is 2.90. The molecular weight excluding hydrogens is 364 g/mol. The van der Waals surface area contributed by atoms with E-state index in [4.69, 9.17) is 4.74 Å². The van der Waals surface area contributed by atoms with Crippen molar-refractivity contribution in [2.24, 2.45) is 0 Å². The van der Waals surface area contributed by atoms with Crippen LogP contribution in [0, 0.1) is 0 Å². The second-order valence-corrected chi connectivity index (χ2v) is 6.77. The maximum absolute atomic E-state index is 12.2. The van der Waals surface area contributed by atoms with E-state index in [1.807, 2.05) is 48.7 Å². The highest BCUT2D eigenvalue weighted by molar-refractivity contribution is 5.98. The van der Waals surface area contributed by atoms with E-state index in [-0.39, 0.29) is 12.4 Å². The topological polar surface area (TPSA) is 61.2 Å². The summed E-state index contributed by atoms with van der Waals surface area (Å²) in [5, 5.41) is 4.28. The second kappa shape index (κ2) is 10.2. The first kappa shape index (κ1) is 20.3. The molecule has 0 bridgehead atoms. The minimum atomic E-state index is -0.559. The number of hydrogen-bond donors (Lipinski definition) is 0. The predicted molar refractivity (Wildman–Crippen MR) is 113 cm³/mol. The van der Waals surface area contributed by atoms with Crippen LogP contribution in [0.5, 0.6) is 0 Å². The molecule has 0 atom stereocenters. The molecule has 5 heteroatoms. The van der Waals surface area contributed by atoms with Crippen LogP contribution in [0.15, 0.2) is 73.1 Å². The van der Waals surface area contributed by atoms with Crippen LogP contribution < -0.4 is 0 Å². The molecule has 0 fully saturated rings. The normalized spacial score (nSPS) is 10.9. The summed E-state index contributed by atoms with van der Waals surface area (Å²) >= 11 is 0. The molecule has 5 nitrogen and oxygen atoms in total. The summed E-state index contributed by atoms with van der Waals surface area (Å²) in [6.07, 6.45) is 8.50. The van der Waals surface area contributed by atoms with Crippen LogP contribution in [-0.2, 0) is 22.5 Å². The Morgan fingerprint density at radius 1 is 1.03 bits per heavy atom. The summed E-state index contributed by atoms with van der Waals surface area (Å²) in [7, 11) is 0. The Morgan fingerprint density at radius 2 is 1.79 bits per heavy atom. The highest BCUT2D eigenvalue weighted by Crippen LogP contribution is 2.08. The highest BCUT2D eigenvalue weighted by atomic mass is 16.5. The quantitative estimate of drug-likeness (QED) is 0.311. The first-order chi connectivity index (χ1) is 14.1. The fraction of sp³-hybridized carbons (Fsp3) is 0.208. The SMILES string of the molecule is CCCc1ccc(C(=O)COC(=O)/C=C/c2cnn(Cc3ccccc3)c2)cc1. The minimum absolute atomic E-state index is 0.217. The fourth-order valence-electron chi connectivity index (χ4n) is 2.90. The Hall–Kier alpha value is -3.47. The molecule has 0 N–H and O–H groups in total. The average molecular weight is 388 g/mol. The number of rotatable bonds is 9. The standard InChI is InChI=1S/C24H24N2O3/c1-2-6-19-9-12-22(13-10-19)23(27)18-29-24(28)14-11-21-15-25-26(17-21)16-20-7-4-3-5-8-20/h3-5,7-15,17H,2,6,16,18H2,1H3/b14-11+. The van der Waals surface area contributed by atoms with E-state index in [0.29, 0.717) is 12.1 Å². The van der Waals surface area contributed by atoms with Crippen molar-refractivity contribution < 1.29 is 14.3 Å². The van der Waals surface area contributed by atoms with Crippen LogP contribution in [-0.4, -0.2) is 28.1 Å². The van der Waals surface area contributed by atoms with E-state index in [1.165, 1.54) is 11.6 Å². The molecule has 0 spiro atoms. The van der Waals surface area contributed by atoms with Crippen LogP contribution in [0.2, 0.25) is 0 Å². The molecular formula is C24H24N2O3. The molecule has 29 heavy (non-hydrogen) atoms. The van der Waals surface area contributed by atoms with E-state index in [1.54, 1.807) is 29.1 Å². The Labute approximate surface area is 170 Å². The summed E-state index contributed by atoms with van der Waals surface area (Å²) in [6, 6.07) is 17.4. The Balaban J connectivity index is 1.47. The number of aryl methyl sites for hydroxylation is 1. The third kappa shape index (κ3) is 6.28. The maximum atomic E-state index is 12.2. The first-order valence-electron chi connectivity index (χ1n) is 9.67. The van der Waals surface area contributed by atoms with Gasteiger partial charge in [0.1, 0.15) is 0 Å². The number of carbonyl (C=O) groups excluding carboxylic acids is 2. The van der Waals surface area contributed by atoms with E-state index < -0.39 is 5.97 Å². The van der Waals surface area contributed by atoms with Gasteiger partial charge in [-0.1, -0.05) is 67.9 Å². The highest BCUT2D eigenvalue weighted by Gasteiger charge is 2.08. The van der Waals surface area contributed by atoms with Crippen LogP contribution in [0.1, 0.15) is 40.4 Å². The number of carbonyl (C=O) groups is 2. The lowest BCUT2D eigenvalue weighted by Crippen LogP contribution is -2.12. The molecule has 0 unspecified atom stereocenters. The van der Waals surface area contributed by atoms with Crippen molar-refractivity contribution >= 4 is 17.8 Å². The summed E-state index contributed by atoms with van der Waals surface area (Å²) in [6.45, 7) is 2.49. The number of hydrogen-bond acceptors (Lipinski definition) is 4. The zero-order valence-electron chi connectivity index (χ0n) is 16.5. The molecule has 3 aromatic rings. The third-order valence-corrected chi connectivity index (χ3v) is 4.41. The molecule has 0 radical (unpaired) electrons. The molecule has 2 aromatic carbocycles. The van der Waals surface area contributed by atoms with Crippen molar-refractivity contribution in [2.75, 3.05) is 6.61 Å². The zero-order chi connectivity index (χ0) is 20.5. The molecule has 0 saturated carbocycles. The maximum Gasteiger partial charge on any atom is 0.331 e. The van der Waals surface area contributed by atoms with Gasteiger partial charge in [-0.3, -0.25) is 9.48 Å².